The maximum Gasteiger partial charge on any atom is 0.322 e. The smallest absolute Gasteiger partial charge is 0.301 e. The van der Waals surface area contributed by atoms with Crippen LogP contribution in [0.15, 0.2) is 24.3 Å². The Balaban J connectivity index is 3.32. The van der Waals surface area contributed by atoms with Crippen LogP contribution in [-0.4, -0.2) is 64.5 Å². The quantitative estimate of drug-likeness (QED) is 0.596. The molecule has 0 unspecified atom stereocenters. The molecule has 18 heavy (non-hydrogen) atoms. The molecular formula is C13H24ClN3Si. The molecule has 0 N–H and O–H groups in total. The van der Waals surface area contributed by atoms with Gasteiger partial charge in [0.1, 0.15) is 0 Å². The number of alkyl halides is 1. The third kappa shape index (κ3) is 2.63. The van der Waals surface area contributed by atoms with Crippen LogP contribution in [0.4, 0.5) is 0 Å². The van der Waals surface area contributed by atoms with Crippen molar-refractivity contribution < 1.29 is 0 Å². The first kappa shape index (κ1) is 15.7. The normalized spacial score (nSPS) is 12.8. The van der Waals surface area contributed by atoms with Gasteiger partial charge in [-0.3, -0.25) is 0 Å². The topological polar surface area (TPSA) is 9.72 Å². The summed E-state index contributed by atoms with van der Waals surface area (Å²) >= 11 is 5.86. The van der Waals surface area contributed by atoms with Gasteiger partial charge in [-0.15, -0.1) is 11.6 Å². The van der Waals surface area contributed by atoms with Crippen molar-refractivity contribution in [1.29, 1.82) is 0 Å². The number of rotatable bonds is 5. The molecule has 0 aliphatic heterocycles. The zero-order chi connectivity index (χ0) is 13.9. The average Bonchev–Trinajstić information content (AvgIpc) is 2.29. The summed E-state index contributed by atoms with van der Waals surface area (Å²) in [6.45, 7) is 0. The van der Waals surface area contributed by atoms with E-state index in [1.54, 1.807) is 0 Å². The first-order valence-corrected chi connectivity index (χ1v) is 8.42. The minimum atomic E-state index is -1.98. The molecule has 0 aliphatic carbocycles. The molecule has 1 rings (SSSR count). The van der Waals surface area contributed by atoms with Crippen LogP contribution in [0, 0.1) is 0 Å². The highest BCUT2D eigenvalue weighted by atomic mass is 35.5. The summed E-state index contributed by atoms with van der Waals surface area (Å²) in [4.78, 5) is 0. The average molecular weight is 286 g/mol. The molecule has 0 atom stereocenters. The largest absolute Gasteiger partial charge is 0.322 e. The van der Waals surface area contributed by atoms with Crippen molar-refractivity contribution in [2.24, 2.45) is 0 Å². The minimum absolute atomic E-state index is 0.570. The zero-order valence-corrected chi connectivity index (χ0v) is 14.0. The molecule has 0 aliphatic rings. The Hall–Kier alpha value is -0.393. The SMILES string of the molecule is CN(C)[Si](c1ccc(CCl)cc1)(N(C)C)N(C)C. The van der Waals surface area contributed by atoms with E-state index in [4.69, 9.17) is 11.6 Å². The number of nitrogens with zero attached hydrogens (tertiary/aromatic N) is 3. The maximum absolute atomic E-state index is 5.86. The number of hydrogen-bond donors (Lipinski definition) is 0. The van der Waals surface area contributed by atoms with Crippen LogP contribution in [0.3, 0.4) is 0 Å². The van der Waals surface area contributed by atoms with E-state index in [1.165, 1.54) is 10.8 Å². The van der Waals surface area contributed by atoms with E-state index >= 15 is 0 Å². The summed E-state index contributed by atoms with van der Waals surface area (Å²) in [5, 5.41) is 1.37. The van der Waals surface area contributed by atoms with E-state index in [-0.39, 0.29) is 0 Å². The molecule has 1 aromatic carbocycles. The van der Waals surface area contributed by atoms with Gasteiger partial charge in [-0.2, -0.15) is 0 Å². The number of hydrogen-bond acceptors (Lipinski definition) is 3. The van der Waals surface area contributed by atoms with Crippen molar-refractivity contribution in [3.05, 3.63) is 29.8 Å². The predicted octanol–water partition coefficient (Wildman–Crippen LogP) is 1.26. The molecule has 0 radical (unpaired) electrons. The fraction of sp³-hybridized carbons (Fsp3) is 0.538. The second-order valence-electron chi connectivity index (χ2n) is 5.15. The molecule has 3 nitrogen and oxygen atoms in total. The van der Waals surface area contributed by atoms with E-state index in [1.807, 2.05) is 0 Å². The van der Waals surface area contributed by atoms with Crippen molar-refractivity contribution in [3.63, 3.8) is 0 Å². The van der Waals surface area contributed by atoms with E-state index in [0.29, 0.717) is 5.88 Å². The van der Waals surface area contributed by atoms with Crippen molar-refractivity contribution in [3.8, 4) is 0 Å². The second kappa shape index (κ2) is 6.17. The lowest BCUT2D eigenvalue weighted by Gasteiger charge is -2.46. The molecule has 5 heteroatoms. The molecule has 0 amide bonds. The molecule has 0 heterocycles. The molecule has 0 aromatic heterocycles. The lowest BCUT2D eigenvalue weighted by molar-refractivity contribution is 0.397. The highest BCUT2D eigenvalue weighted by molar-refractivity contribution is 6.84. The lowest BCUT2D eigenvalue weighted by Crippen LogP contribution is -2.76. The van der Waals surface area contributed by atoms with Crippen molar-refractivity contribution in [2.75, 3.05) is 42.3 Å². The Morgan fingerprint density at radius 3 is 1.50 bits per heavy atom. The Bertz CT molecular complexity index is 355. The second-order valence-corrected chi connectivity index (χ2v) is 9.95. The van der Waals surface area contributed by atoms with Crippen LogP contribution in [0.1, 0.15) is 5.56 Å². The van der Waals surface area contributed by atoms with Crippen molar-refractivity contribution in [1.82, 2.24) is 13.7 Å². The predicted molar refractivity (Wildman–Crippen MR) is 82.4 cm³/mol. The van der Waals surface area contributed by atoms with Gasteiger partial charge in [0, 0.05) is 5.88 Å². The van der Waals surface area contributed by atoms with Gasteiger partial charge < -0.3 is 13.7 Å². The van der Waals surface area contributed by atoms with E-state index in [0.717, 1.165) is 0 Å². The number of benzene rings is 1. The van der Waals surface area contributed by atoms with Gasteiger partial charge in [0.25, 0.3) is 0 Å². The van der Waals surface area contributed by atoms with Gasteiger partial charge in [0.15, 0.2) is 0 Å². The van der Waals surface area contributed by atoms with Gasteiger partial charge in [0.2, 0.25) is 0 Å². The Kier molecular flexibility index (Phi) is 5.37. The fourth-order valence-electron chi connectivity index (χ4n) is 2.79. The molecule has 102 valence electrons. The summed E-state index contributed by atoms with van der Waals surface area (Å²) in [5.74, 6) is 0.570. The minimum Gasteiger partial charge on any atom is -0.301 e. The molecule has 0 bridgehead atoms. The summed E-state index contributed by atoms with van der Waals surface area (Å²) in [6.07, 6.45) is 0. The van der Waals surface area contributed by atoms with E-state index < -0.39 is 8.56 Å². The summed E-state index contributed by atoms with van der Waals surface area (Å²) in [5.41, 5.74) is 1.17. The third-order valence-corrected chi connectivity index (χ3v) is 8.52. The third-order valence-electron chi connectivity index (χ3n) is 3.37. The number of halogens is 1. The Labute approximate surface area is 117 Å². The molecule has 0 saturated carbocycles. The van der Waals surface area contributed by atoms with Gasteiger partial charge >= 0.3 is 8.56 Å². The first-order valence-electron chi connectivity index (χ1n) is 6.05. The van der Waals surface area contributed by atoms with Crippen LogP contribution in [-0.2, 0) is 5.88 Å². The summed E-state index contributed by atoms with van der Waals surface area (Å²) in [7, 11) is 10.9. The van der Waals surface area contributed by atoms with Crippen molar-refractivity contribution >= 4 is 25.3 Å². The molecule has 0 spiro atoms. The molecule has 0 fully saturated rings. The van der Waals surface area contributed by atoms with Crippen LogP contribution in [0.5, 0.6) is 0 Å². The van der Waals surface area contributed by atoms with Crippen LogP contribution in [0.2, 0.25) is 0 Å². The highest BCUT2D eigenvalue weighted by Gasteiger charge is 2.44. The van der Waals surface area contributed by atoms with E-state index in [9.17, 15) is 0 Å². The monoisotopic (exact) mass is 285 g/mol. The van der Waals surface area contributed by atoms with Crippen LogP contribution < -0.4 is 5.19 Å². The van der Waals surface area contributed by atoms with Gasteiger partial charge in [0.05, 0.1) is 0 Å². The highest BCUT2D eigenvalue weighted by Crippen LogP contribution is 2.14. The molecule has 1 aromatic rings. The van der Waals surface area contributed by atoms with Crippen LogP contribution in [0.25, 0.3) is 0 Å². The Morgan fingerprint density at radius 2 is 1.22 bits per heavy atom. The van der Waals surface area contributed by atoms with E-state index in [2.05, 4.69) is 80.2 Å². The fourth-order valence-corrected chi connectivity index (χ4v) is 7.53. The standard InChI is InChI=1S/C13H24ClN3Si/c1-15(2)18(16(3)4,17(5)6)13-9-7-12(11-14)8-10-13/h7-10H,11H2,1-6H3. The Morgan fingerprint density at radius 1 is 0.833 bits per heavy atom. The zero-order valence-electron chi connectivity index (χ0n) is 12.2. The van der Waals surface area contributed by atoms with Gasteiger partial charge in [-0.1, -0.05) is 24.3 Å². The van der Waals surface area contributed by atoms with Crippen LogP contribution >= 0.6 is 11.6 Å². The summed E-state index contributed by atoms with van der Waals surface area (Å²) < 4.78 is 7.05. The maximum atomic E-state index is 5.86. The van der Waals surface area contributed by atoms with Crippen molar-refractivity contribution in [2.45, 2.75) is 5.88 Å². The first-order chi connectivity index (χ1) is 8.37. The molecular weight excluding hydrogens is 262 g/mol. The summed E-state index contributed by atoms with van der Waals surface area (Å²) in [6, 6.07) is 8.68. The van der Waals surface area contributed by atoms with Gasteiger partial charge in [-0.05, 0) is 53.0 Å². The lowest BCUT2D eigenvalue weighted by atomic mass is 10.2. The molecule has 0 saturated heterocycles. The van der Waals surface area contributed by atoms with Gasteiger partial charge in [-0.25, -0.2) is 0 Å².